The van der Waals surface area contributed by atoms with Crippen LogP contribution in [0, 0.1) is 0 Å². The van der Waals surface area contributed by atoms with Crippen molar-refractivity contribution in [2.75, 3.05) is 19.8 Å². The highest BCUT2D eigenvalue weighted by Crippen LogP contribution is 2.41. The van der Waals surface area contributed by atoms with E-state index in [9.17, 15) is 19.5 Å². The van der Waals surface area contributed by atoms with Crippen molar-refractivity contribution in [1.82, 2.24) is 0 Å². The van der Waals surface area contributed by atoms with E-state index in [-0.39, 0.29) is 49.7 Å². The van der Waals surface area contributed by atoms with Crippen molar-refractivity contribution in [3.8, 4) is 0 Å². The highest BCUT2D eigenvalue weighted by Gasteiger charge is 2.62. The maximum atomic E-state index is 13.9. The normalized spacial score (nSPS) is 23.2. The van der Waals surface area contributed by atoms with Crippen molar-refractivity contribution in [3.63, 3.8) is 0 Å². The quantitative estimate of drug-likeness (QED) is 0.0477. The summed E-state index contributed by atoms with van der Waals surface area (Å²) >= 11 is 0. The van der Waals surface area contributed by atoms with E-state index in [1.54, 1.807) is 91.0 Å². The Hall–Kier alpha value is -7.37. The number of aliphatic hydroxyl groups is 1. The fourth-order valence-corrected chi connectivity index (χ4v) is 8.81. The van der Waals surface area contributed by atoms with Gasteiger partial charge in [-0.25, -0.2) is 14.4 Å². The second-order valence-electron chi connectivity index (χ2n) is 18.0. The van der Waals surface area contributed by atoms with Gasteiger partial charge in [-0.05, 0) is 58.7 Å². The molecule has 7 aromatic carbocycles. The predicted octanol–water partition coefficient (Wildman–Crippen LogP) is 9.10. The molecular weight excluding hydrogens is 957 g/mol. The van der Waals surface area contributed by atoms with Gasteiger partial charge >= 0.3 is 17.9 Å². The molecule has 0 amide bonds. The van der Waals surface area contributed by atoms with E-state index in [4.69, 9.17) is 47.4 Å². The summed E-state index contributed by atoms with van der Waals surface area (Å²) in [7, 11) is 0. The van der Waals surface area contributed by atoms with Crippen molar-refractivity contribution in [2.45, 2.75) is 81.2 Å². The maximum absolute atomic E-state index is 13.9. The minimum Gasteiger partial charge on any atom is -0.459 e. The van der Waals surface area contributed by atoms with Crippen LogP contribution in [0.25, 0.3) is 0 Å². The molecule has 0 spiro atoms. The number of hydrogen-bond donors (Lipinski definition) is 1. The first-order chi connectivity index (χ1) is 36.8. The van der Waals surface area contributed by atoms with Gasteiger partial charge in [-0.3, -0.25) is 0 Å². The molecule has 0 unspecified atom stereocenters. The SMILES string of the molecule is O=C(OC[C@H]1O[C@@](COC(=O)c2ccccc2)(O[C@H]2O[C@H](COCc3ccccc3)[C@H](OCc3ccccc3)[C@H](OCc3ccccc3)[C@H]2OCc2ccccc2)[C@H](O)[C@@H]1OC(=O)c1ccccc1)c1ccccc1. The van der Waals surface area contributed by atoms with Crippen molar-refractivity contribution in [3.05, 3.63) is 251 Å². The lowest BCUT2D eigenvalue weighted by Crippen LogP contribution is -2.64. The molecule has 0 bridgehead atoms. The van der Waals surface area contributed by atoms with Gasteiger partial charge in [0.2, 0.25) is 5.79 Å². The standard InChI is InChI=1S/C61H58O14/c62-56-53(73-59(65)49-34-20-7-21-35-49)51(41-70-57(63)47-30-16-5-17-31-47)74-61(56,42-71-58(64)48-32-18-6-19-33-48)75-60-55(69-39-46-28-14-4-15-29-46)54(68-38-45-26-12-3-13-27-45)52(67-37-44-24-10-2-11-25-44)50(72-60)40-66-36-43-22-8-1-9-23-43/h1-35,50-56,60,62H,36-42H2/t50-,51-,52+,53-,54+,55-,56-,60-,61+/m1/s1. The summed E-state index contributed by atoms with van der Waals surface area (Å²) in [5.41, 5.74) is 4.08. The molecule has 2 heterocycles. The second kappa shape index (κ2) is 26.2. The largest absolute Gasteiger partial charge is 0.459 e. The number of rotatable bonds is 23. The van der Waals surface area contributed by atoms with E-state index in [1.807, 2.05) is 121 Å². The Bertz CT molecular complexity index is 2830. The van der Waals surface area contributed by atoms with E-state index in [0.717, 1.165) is 22.3 Å². The van der Waals surface area contributed by atoms with Crippen LogP contribution >= 0.6 is 0 Å². The average Bonchev–Trinajstić information content (AvgIpc) is 3.73. The first kappa shape index (κ1) is 52.5. The molecule has 0 radical (unpaired) electrons. The highest BCUT2D eigenvalue weighted by atomic mass is 16.8. The van der Waals surface area contributed by atoms with E-state index >= 15 is 0 Å². The van der Waals surface area contributed by atoms with Crippen LogP contribution in [0.15, 0.2) is 212 Å². The topological polar surface area (TPSA) is 164 Å². The average molecular weight is 1020 g/mol. The molecule has 2 saturated heterocycles. The summed E-state index contributed by atoms with van der Waals surface area (Å²) in [6, 6.07) is 63.1. The monoisotopic (exact) mass is 1010 g/mol. The van der Waals surface area contributed by atoms with E-state index in [0.29, 0.717) is 0 Å². The molecule has 14 nitrogen and oxygen atoms in total. The van der Waals surface area contributed by atoms with Crippen LogP contribution in [0.4, 0.5) is 0 Å². The van der Waals surface area contributed by atoms with Gasteiger partial charge in [0, 0.05) is 0 Å². The molecule has 7 aromatic rings. The Kier molecular flexibility index (Phi) is 18.3. The van der Waals surface area contributed by atoms with Crippen LogP contribution in [-0.4, -0.2) is 97.6 Å². The van der Waals surface area contributed by atoms with Crippen LogP contribution in [0.5, 0.6) is 0 Å². The molecule has 14 heteroatoms. The summed E-state index contributed by atoms with van der Waals surface area (Å²) in [4.78, 5) is 41.3. The molecule has 0 aromatic heterocycles. The minimum absolute atomic E-state index is 0.0370. The Labute approximate surface area is 435 Å². The van der Waals surface area contributed by atoms with Crippen molar-refractivity contribution in [1.29, 1.82) is 0 Å². The molecule has 1 N–H and O–H groups in total. The lowest BCUT2D eigenvalue weighted by Gasteiger charge is -2.48. The number of hydrogen-bond acceptors (Lipinski definition) is 14. The first-order valence-electron chi connectivity index (χ1n) is 24.8. The molecule has 2 aliphatic rings. The molecule has 386 valence electrons. The van der Waals surface area contributed by atoms with Gasteiger partial charge in [-0.15, -0.1) is 0 Å². The Morgan fingerprint density at radius 2 is 0.827 bits per heavy atom. The third kappa shape index (κ3) is 14.1. The highest BCUT2D eigenvalue weighted by molar-refractivity contribution is 5.90. The zero-order chi connectivity index (χ0) is 51.7. The summed E-state index contributed by atoms with van der Waals surface area (Å²) in [6.07, 6.45) is -10.4. The Balaban J connectivity index is 1.12. The molecule has 9 rings (SSSR count). The number of carbonyl (C=O) groups is 3. The fraction of sp³-hybridized carbons (Fsp3) is 0.262. The molecule has 0 aliphatic carbocycles. The minimum atomic E-state index is -2.41. The molecule has 2 aliphatic heterocycles. The zero-order valence-electron chi connectivity index (χ0n) is 41.0. The van der Waals surface area contributed by atoms with Crippen molar-refractivity contribution < 1.29 is 66.9 Å². The summed E-state index contributed by atoms with van der Waals surface area (Å²) in [5.74, 6) is -4.72. The third-order valence-corrected chi connectivity index (χ3v) is 12.7. The summed E-state index contributed by atoms with van der Waals surface area (Å²) in [5, 5.41) is 12.8. The summed E-state index contributed by atoms with van der Waals surface area (Å²) in [6.45, 7) is -0.838. The van der Waals surface area contributed by atoms with Crippen molar-refractivity contribution in [2.24, 2.45) is 0 Å². The molecule has 75 heavy (non-hydrogen) atoms. The predicted molar refractivity (Wildman–Crippen MR) is 274 cm³/mol. The van der Waals surface area contributed by atoms with Gasteiger partial charge in [0.25, 0.3) is 0 Å². The van der Waals surface area contributed by atoms with Crippen LogP contribution in [-0.2, 0) is 73.8 Å². The molecule has 9 atom stereocenters. The van der Waals surface area contributed by atoms with E-state index < -0.39 is 85.9 Å². The Morgan fingerprint density at radius 3 is 1.31 bits per heavy atom. The first-order valence-corrected chi connectivity index (χ1v) is 24.8. The number of benzene rings is 7. The summed E-state index contributed by atoms with van der Waals surface area (Å²) < 4.78 is 65.7. The zero-order valence-corrected chi connectivity index (χ0v) is 41.0. The van der Waals surface area contributed by atoms with Crippen LogP contribution in [0.2, 0.25) is 0 Å². The lowest BCUT2D eigenvalue weighted by atomic mass is 9.97. The number of esters is 3. The van der Waals surface area contributed by atoms with Gasteiger partial charge in [0.15, 0.2) is 18.5 Å². The smallest absolute Gasteiger partial charge is 0.338 e. The van der Waals surface area contributed by atoms with Gasteiger partial charge in [0.05, 0.1) is 49.7 Å². The maximum Gasteiger partial charge on any atom is 0.338 e. The van der Waals surface area contributed by atoms with Crippen LogP contribution in [0.1, 0.15) is 53.3 Å². The molecule has 0 saturated carbocycles. The Morgan fingerprint density at radius 1 is 0.427 bits per heavy atom. The van der Waals surface area contributed by atoms with E-state index in [2.05, 4.69) is 0 Å². The van der Waals surface area contributed by atoms with Gasteiger partial charge < -0.3 is 52.5 Å². The van der Waals surface area contributed by atoms with Gasteiger partial charge in [-0.1, -0.05) is 176 Å². The molecular formula is C61H58O14. The van der Waals surface area contributed by atoms with Gasteiger partial charge in [0.1, 0.15) is 43.7 Å². The van der Waals surface area contributed by atoms with Crippen LogP contribution < -0.4 is 0 Å². The fourth-order valence-electron chi connectivity index (χ4n) is 8.81. The molecule has 2 fully saturated rings. The number of aliphatic hydroxyl groups excluding tert-OH is 1. The van der Waals surface area contributed by atoms with Crippen LogP contribution in [0.3, 0.4) is 0 Å². The number of ether oxygens (including phenoxy) is 10. The second-order valence-corrected chi connectivity index (χ2v) is 18.0. The van der Waals surface area contributed by atoms with E-state index in [1.165, 1.54) is 0 Å². The third-order valence-electron chi connectivity index (χ3n) is 12.7. The number of carbonyl (C=O) groups excluding carboxylic acids is 3. The van der Waals surface area contributed by atoms with Gasteiger partial charge in [-0.2, -0.15) is 0 Å². The van der Waals surface area contributed by atoms with Crippen molar-refractivity contribution >= 4 is 17.9 Å². The lowest BCUT2D eigenvalue weighted by molar-refractivity contribution is -0.393.